The van der Waals surface area contributed by atoms with Gasteiger partial charge in [0, 0.05) is 18.7 Å². The van der Waals surface area contributed by atoms with Crippen molar-refractivity contribution < 1.29 is 9.90 Å². The lowest BCUT2D eigenvalue weighted by Crippen LogP contribution is -2.29. The number of carboxylic acids is 1. The first-order valence-corrected chi connectivity index (χ1v) is 6.13. The highest BCUT2D eigenvalue weighted by Gasteiger charge is 2.28. The molecule has 0 aromatic heterocycles. The summed E-state index contributed by atoms with van der Waals surface area (Å²) in [4.78, 5) is 13.0. The molecule has 1 rings (SSSR count). The van der Waals surface area contributed by atoms with Crippen LogP contribution in [0.15, 0.2) is 11.6 Å². The lowest BCUT2D eigenvalue weighted by molar-refractivity contribution is -0.131. The van der Waals surface area contributed by atoms with Gasteiger partial charge in [0.1, 0.15) is 0 Å². The predicted molar refractivity (Wildman–Crippen MR) is 65.4 cm³/mol. The molecule has 0 aromatic rings. The number of rotatable bonds is 7. The van der Waals surface area contributed by atoms with Crippen LogP contribution in [0.1, 0.15) is 40.0 Å². The topological polar surface area (TPSA) is 40.5 Å². The summed E-state index contributed by atoms with van der Waals surface area (Å²) in [6, 6.07) is 0.705. The first kappa shape index (κ1) is 13.2. The van der Waals surface area contributed by atoms with Crippen LogP contribution >= 0.6 is 0 Å². The Balaban J connectivity index is 2.41. The second-order valence-electron chi connectivity index (χ2n) is 5.21. The summed E-state index contributed by atoms with van der Waals surface area (Å²) in [5.41, 5.74) is 0.947. The molecule has 0 saturated heterocycles. The van der Waals surface area contributed by atoms with Gasteiger partial charge in [-0.3, -0.25) is 4.90 Å². The van der Waals surface area contributed by atoms with Crippen LogP contribution in [0.5, 0.6) is 0 Å². The Morgan fingerprint density at radius 2 is 2.12 bits per heavy atom. The first-order valence-electron chi connectivity index (χ1n) is 6.13. The summed E-state index contributed by atoms with van der Waals surface area (Å²) < 4.78 is 0. The highest BCUT2D eigenvalue weighted by atomic mass is 16.4. The molecule has 1 aliphatic rings. The Morgan fingerprint density at radius 3 is 2.56 bits per heavy atom. The molecule has 1 aliphatic carbocycles. The lowest BCUT2D eigenvalue weighted by atomic mass is 10.1. The molecule has 1 saturated carbocycles. The van der Waals surface area contributed by atoms with E-state index < -0.39 is 5.97 Å². The zero-order valence-corrected chi connectivity index (χ0v) is 10.6. The van der Waals surface area contributed by atoms with Crippen molar-refractivity contribution in [2.24, 2.45) is 5.92 Å². The smallest absolute Gasteiger partial charge is 0.328 e. The van der Waals surface area contributed by atoms with E-state index in [2.05, 4.69) is 18.7 Å². The maximum absolute atomic E-state index is 10.5. The van der Waals surface area contributed by atoms with Gasteiger partial charge in [-0.15, -0.1) is 0 Å². The van der Waals surface area contributed by atoms with Crippen molar-refractivity contribution >= 4 is 5.97 Å². The van der Waals surface area contributed by atoms with Crippen LogP contribution in [0.4, 0.5) is 0 Å². The maximum Gasteiger partial charge on any atom is 0.328 e. The van der Waals surface area contributed by atoms with Crippen molar-refractivity contribution in [3.63, 3.8) is 0 Å². The highest BCUT2D eigenvalue weighted by molar-refractivity contribution is 5.80. The van der Waals surface area contributed by atoms with Gasteiger partial charge in [0.25, 0.3) is 0 Å². The minimum atomic E-state index is -0.836. The summed E-state index contributed by atoms with van der Waals surface area (Å²) in [5, 5.41) is 8.67. The van der Waals surface area contributed by atoms with Gasteiger partial charge in [0.2, 0.25) is 0 Å². The van der Waals surface area contributed by atoms with Gasteiger partial charge in [0.05, 0.1) is 0 Å². The van der Waals surface area contributed by atoms with Crippen LogP contribution in [-0.2, 0) is 4.79 Å². The quantitative estimate of drug-likeness (QED) is 0.677. The molecule has 0 amide bonds. The molecule has 3 nitrogen and oxygen atoms in total. The van der Waals surface area contributed by atoms with E-state index >= 15 is 0 Å². The predicted octanol–water partition coefficient (Wildman–Crippen LogP) is 2.53. The number of aliphatic carboxylic acids is 1. The van der Waals surface area contributed by atoms with E-state index in [0.29, 0.717) is 12.0 Å². The SMILES string of the molecule is CC(=CC(=O)O)CN(CCC(C)C)C1CC1. The van der Waals surface area contributed by atoms with Crippen molar-refractivity contribution in [3.05, 3.63) is 11.6 Å². The third-order valence-corrected chi connectivity index (χ3v) is 2.88. The number of carboxylic acid groups (broad SMARTS) is 1. The number of carbonyl (C=O) groups is 1. The van der Waals surface area contributed by atoms with E-state index in [-0.39, 0.29) is 0 Å². The van der Waals surface area contributed by atoms with Gasteiger partial charge in [-0.1, -0.05) is 19.4 Å². The molecule has 0 bridgehead atoms. The van der Waals surface area contributed by atoms with E-state index in [1.807, 2.05) is 6.92 Å². The third-order valence-electron chi connectivity index (χ3n) is 2.88. The summed E-state index contributed by atoms with van der Waals surface area (Å²) in [6.45, 7) is 8.26. The normalized spacial score (nSPS) is 17.2. The summed E-state index contributed by atoms with van der Waals surface area (Å²) in [5.74, 6) is -0.123. The van der Waals surface area contributed by atoms with Crippen LogP contribution in [0.2, 0.25) is 0 Å². The molecule has 16 heavy (non-hydrogen) atoms. The highest BCUT2D eigenvalue weighted by Crippen LogP contribution is 2.28. The van der Waals surface area contributed by atoms with Gasteiger partial charge in [-0.2, -0.15) is 0 Å². The Kier molecular flexibility index (Phi) is 5.00. The van der Waals surface area contributed by atoms with E-state index in [1.54, 1.807) is 0 Å². The van der Waals surface area contributed by atoms with Crippen molar-refractivity contribution in [1.29, 1.82) is 0 Å². The molecule has 1 N–H and O–H groups in total. The lowest BCUT2D eigenvalue weighted by Gasteiger charge is -2.23. The Morgan fingerprint density at radius 1 is 1.50 bits per heavy atom. The van der Waals surface area contributed by atoms with E-state index in [0.717, 1.165) is 18.7 Å². The molecular weight excluding hydrogens is 202 g/mol. The van der Waals surface area contributed by atoms with Crippen molar-refractivity contribution in [2.75, 3.05) is 13.1 Å². The van der Waals surface area contributed by atoms with E-state index in [9.17, 15) is 4.79 Å². The van der Waals surface area contributed by atoms with Gasteiger partial charge in [-0.05, 0) is 38.6 Å². The molecule has 0 unspecified atom stereocenters. The zero-order chi connectivity index (χ0) is 12.1. The number of nitrogens with zero attached hydrogens (tertiary/aromatic N) is 1. The summed E-state index contributed by atoms with van der Waals surface area (Å²) >= 11 is 0. The van der Waals surface area contributed by atoms with Crippen molar-refractivity contribution in [3.8, 4) is 0 Å². The molecule has 0 aromatic carbocycles. The van der Waals surface area contributed by atoms with Crippen molar-refractivity contribution in [1.82, 2.24) is 4.90 Å². The van der Waals surface area contributed by atoms with Crippen LogP contribution < -0.4 is 0 Å². The Hall–Kier alpha value is -0.830. The molecule has 1 fully saturated rings. The minimum Gasteiger partial charge on any atom is -0.478 e. The first-order chi connectivity index (χ1) is 7.49. The monoisotopic (exact) mass is 225 g/mol. The molecule has 0 radical (unpaired) electrons. The fraction of sp³-hybridized carbons (Fsp3) is 0.769. The fourth-order valence-electron chi connectivity index (χ4n) is 1.83. The number of hydrogen-bond donors (Lipinski definition) is 1. The van der Waals surface area contributed by atoms with Gasteiger partial charge in [0.15, 0.2) is 0 Å². The molecule has 0 heterocycles. The van der Waals surface area contributed by atoms with Crippen molar-refractivity contribution in [2.45, 2.75) is 46.1 Å². The standard InChI is InChI=1S/C13H23NO2/c1-10(2)6-7-14(12-4-5-12)9-11(3)8-13(15)16/h8,10,12H,4-7,9H2,1-3H3,(H,15,16). The molecule has 92 valence electrons. The van der Waals surface area contributed by atoms with Gasteiger partial charge in [-0.25, -0.2) is 4.79 Å². The third kappa shape index (κ3) is 5.31. The van der Waals surface area contributed by atoms with E-state index in [1.165, 1.54) is 25.3 Å². The van der Waals surface area contributed by atoms with E-state index in [4.69, 9.17) is 5.11 Å². The Bertz CT molecular complexity index is 267. The summed E-state index contributed by atoms with van der Waals surface area (Å²) in [6.07, 6.45) is 5.07. The fourth-order valence-corrected chi connectivity index (χ4v) is 1.83. The average molecular weight is 225 g/mol. The largest absolute Gasteiger partial charge is 0.478 e. The summed E-state index contributed by atoms with van der Waals surface area (Å²) in [7, 11) is 0. The number of hydrogen-bond acceptors (Lipinski definition) is 2. The minimum absolute atomic E-state index is 0.705. The van der Waals surface area contributed by atoms with Gasteiger partial charge < -0.3 is 5.11 Å². The molecule has 0 aliphatic heterocycles. The second-order valence-corrected chi connectivity index (χ2v) is 5.21. The zero-order valence-electron chi connectivity index (χ0n) is 10.6. The second kappa shape index (κ2) is 6.04. The van der Waals surface area contributed by atoms with Crippen LogP contribution in [0.25, 0.3) is 0 Å². The maximum atomic E-state index is 10.5. The molecule has 3 heteroatoms. The van der Waals surface area contributed by atoms with Crippen LogP contribution in [0.3, 0.4) is 0 Å². The van der Waals surface area contributed by atoms with Crippen LogP contribution in [0, 0.1) is 5.92 Å². The molecule has 0 atom stereocenters. The Labute approximate surface area is 98.1 Å². The molecular formula is C13H23NO2. The average Bonchev–Trinajstić information content (AvgIpc) is 2.93. The molecule has 0 spiro atoms. The van der Waals surface area contributed by atoms with Gasteiger partial charge >= 0.3 is 5.97 Å². The van der Waals surface area contributed by atoms with Crippen LogP contribution in [-0.4, -0.2) is 35.1 Å².